The van der Waals surface area contributed by atoms with Crippen LogP contribution in [0.4, 0.5) is 0 Å². The molecule has 1 atom stereocenters. The molecule has 3 N–H and O–H groups in total. The molecule has 0 heterocycles. The maximum atomic E-state index is 11.0. The van der Waals surface area contributed by atoms with E-state index in [2.05, 4.69) is 10.6 Å². The van der Waals surface area contributed by atoms with E-state index in [1.54, 1.807) is 0 Å². The van der Waals surface area contributed by atoms with Crippen molar-refractivity contribution in [2.24, 2.45) is 0 Å². The highest BCUT2D eigenvalue weighted by Crippen LogP contribution is 1.86. The molecule has 0 aromatic carbocycles. The van der Waals surface area contributed by atoms with Crippen molar-refractivity contribution in [2.75, 3.05) is 13.2 Å². The summed E-state index contributed by atoms with van der Waals surface area (Å²) in [6.07, 6.45) is 0.777. The molecule has 0 radical (unpaired) electrons. The first-order valence-electron chi connectivity index (χ1n) is 4.31. The van der Waals surface area contributed by atoms with E-state index in [-0.39, 0.29) is 19.2 Å². The second-order valence-electron chi connectivity index (χ2n) is 2.76. The van der Waals surface area contributed by atoms with Crippen LogP contribution in [0, 0.1) is 0 Å². The Kier molecular flexibility index (Phi) is 5.88. The number of aliphatic hydroxyl groups is 1. The minimum atomic E-state index is -0.700. The van der Waals surface area contributed by atoms with Crippen LogP contribution in [0.5, 0.6) is 0 Å². The SMILES string of the molecule is CC[C@@H](C)NC(=O)C(=O)NCCO. The predicted molar refractivity (Wildman–Crippen MR) is 48.0 cm³/mol. The summed E-state index contributed by atoms with van der Waals surface area (Å²) < 4.78 is 0. The lowest BCUT2D eigenvalue weighted by molar-refractivity contribution is -0.139. The highest BCUT2D eigenvalue weighted by atomic mass is 16.3. The van der Waals surface area contributed by atoms with Crippen LogP contribution >= 0.6 is 0 Å². The van der Waals surface area contributed by atoms with Crippen LogP contribution in [0.2, 0.25) is 0 Å². The molecule has 76 valence electrons. The fraction of sp³-hybridized carbons (Fsp3) is 0.750. The first-order valence-corrected chi connectivity index (χ1v) is 4.31. The summed E-state index contributed by atoms with van der Waals surface area (Å²) in [7, 11) is 0. The third kappa shape index (κ3) is 5.19. The number of hydrogen-bond acceptors (Lipinski definition) is 3. The summed E-state index contributed by atoms with van der Waals surface area (Å²) in [6.45, 7) is 3.67. The van der Waals surface area contributed by atoms with E-state index in [1.807, 2.05) is 13.8 Å². The van der Waals surface area contributed by atoms with Gasteiger partial charge in [-0.25, -0.2) is 0 Å². The number of amides is 2. The Morgan fingerprint density at radius 1 is 1.38 bits per heavy atom. The number of carbonyl (C=O) groups excluding carboxylic acids is 2. The third-order valence-corrected chi connectivity index (χ3v) is 1.59. The summed E-state index contributed by atoms with van der Waals surface area (Å²) in [5, 5.41) is 13.1. The molecule has 0 spiro atoms. The van der Waals surface area contributed by atoms with Crippen molar-refractivity contribution in [1.29, 1.82) is 0 Å². The van der Waals surface area contributed by atoms with Crippen molar-refractivity contribution in [3.8, 4) is 0 Å². The molecule has 0 aromatic rings. The van der Waals surface area contributed by atoms with Crippen molar-refractivity contribution in [1.82, 2.24) is 10.6 Å². The highest BCUT2D eigenvalue weighted by Gasteiger charge is 2.13. The zero-order chi connectivity index (χ0) is 10.3. The largest absolute Gasteiger partial charge is 0.395 e. The van der Waals surface area contributed by atoms with E-state index in [9.17, 15) is 9.59 Å². The number of carbonyl (C=O) groups is 2. The maximum absolute atomic E-state index is 11.0. The van der Waals surface area contributed by atoms with Gasteiger partial charge in [0.2, 0.25) is 0 Å². The average Bonchev–Trinajstić information content (AvgIpc) is 2.13. The summed E-state index contributed by atoms with van der Waals surface area (Å²) in [5.74, 6) is -1.35. The van der Waals surface area contributed by atoms with Gasteiger partial charge in [0.25, 0.3) is 0 Å². The van der Waals surface area contributed by atoms with Crippen LogP contribution in [0.15, 0.2) is 0 Å². The van der Waals surface area contributed by atoms with E-state index in [4.69, 9.17) is 5.11 Å². The van der Waals surface area contributed by atoms with Crippen molar-refractivity contribution >= 4 is 11.8 Å². The zero-order valence-electron chi connectivity index (χ0n) is 7.96. The molecule has 13 heavy (non-hydrogen) atoms. The maximum Gasteiger partial charge on any atom is 0.309 e. The predicted octanol–water partition coefficient (Wildman–Crippen LogP) is -0.990. The molecule has 0 aliphatic rings. The molecule has 0 rings (SSSR count). The van der Waals surface area contributed by atoms with Gasteiger partial charge in [0.15, 0.2) is 0 Å². The number of hydrogen-bond donors (Lipinski definition) is 3. The summed E-state index contributed by atoms with van der Waals surface area (Å²) >= 11 is 0. The fourth-order valence-corrected chi connectivity index (χ4v) is 0.641. The highest BCUT2D eigenvalue weighted by molar-refractivity contribution is 6.35. The Labute approximate surface area is 77.5 Å². The second kappa shape index (κ2) is 6.42. The van der Waals surface area contributed by atoms with Crippen molar-refractivity contribution in [3.05, 3.63) is 0 Å². The van der Waals surface area contributed by atoms with Gasteiger partial charge in [-0.1, -0.05) is 6.92 Å². The van der Waals surface area contributed by atoms with E-state index in [0.717, 1.165) is 6.42 Å². The van der Waals surface area contributed by atoms with Crippen LogP contribution in [0.1, 0.15) is 20.3 Å². The summed E-state index contributed by atoms with van der Waals surface area (Å²) in [5.41, 5.74) is 0. The molecule has 0 saturated heterocycles. The van der Waals surface area contributed by atoms with Crippen LogP contribution in [-0.2, 0) is 9.59 Å². The third-order valence-electron chi connectivity index (χ3n) is 1.59. The Morgan fingerprint density at radius 2 is 2.00 bits per heavy atom. The molecule has 0 saturated carbocycles. The zero-order valence-corrected chi connectivity index (χ0v) is 7.96. The van der Waals surface area contributed by atoms with Crippen LogP contribution in [0.3, 0.4) is 0 Å². The number of aliphatic hydroxyl groups excluding tert-OH is 1. The van der Waals surface area contributed by atoms with E-state index >= 15 is 0 Å². The number of rotatable bonds is 4. The van der Waals surface area contributed by atoms with Gasteiger partial charge < -0.3 is 15.7 Å². The lowest BCUT2D eigenvalue weighted by Crippen LogP contribution is -2.44. The second-order valence-corrected chi connectivity index (χ2v) is 2.76. The van der Waals surface area contributed by atoms with Crippen molar-refractivity contribution in [3.63, 3.8) is 0 Å². The molecular weight excluding hydrogens is 172 g/mol. The lowest BCUT2D eigenvalue weighted by atomic mass is 10.2. The normalized spacial score (nSPS) is 11.9. The van der Waals surface area contributed by atoms with Crippen LogP contribution in [0.25, 0.3) is 0 Å². The van der Waals surface area contributed by atoms with E-state index < -0.39 is 11.8 Å². The van der Waals surface area contributed by atoms with Crippen LogP contribution < -0.4 is 10.6 Å². The van der Waals surface area contributed by atoms with Gasteiger partial charge >= 0.3 is 11.8 Å². The lowest BCUT2D eigenvalue weighted by Gasteiger charge is -2.10. The minimum absolute atomic E-state index is 0.00706. The molecule has 2 amide bonds. The molecular formula is C8H16N2O3. The topological polar surface area (TPSA) is 78.4 Å². The van der Waals surface area contributed by atoms with Gasteiger partial charge in [-0.3, -0.25) is 9.59 Å². The molecule has 0 bridgehead atoms. The van der Waals surface area contributed by atoms with Crippen LogP contribution in [-0.4, -0.2) is 36.1 Å². The summed E-state index contributed by atoms with van der Waals surface area (Å²) in [4.78, 5) is 21.9. The van der Waals surface area contributed by atoms with E-state index in [0.29, 0.717) is 0 Å². The smallest absolute Gasteiger partial charge is 0.309 e. The van der Waals surface area contributed by atoms with Gasteiger partial charge in [-0.2, -0.15) is 0 Å². The molecule has 0 aliphatic heterocycles. The molecule has 0 fully saturated rings. The fourth-order valence-electron chi connectivity index (χ4n) is 0.641. The minimum Gasteiger partial charge on any atom is -0.395 e. The Balaban J connectivity index is 3.76. The quantitative estimate of drug-likeness (QED) is 0.496. The average molecular weight is 188 g/mol. The molecule has 5 nitrogen and oxygen atoms in total. The Hall–Kier alpha value is -1.10. The molecule has 0 unspecified atom stereocenters. The monoisotopic (exact) mass is 188 g/mol. The molecule has 0 aliphatic carbocycles. The standard InChI is InChI=1S/C8H16N2O3/c1-3-6(2)10-8(13)7(12)9-4-5-11/h6,11H,3-5H2,1-2H3,(H,9,12)(H,10,13)/t6-/m1/s1. The Bertz CT molecular complexity index is 182. The van der Waals surface area contributed by atoms with Crippen molar-refractivity contribution < 1.29 is 14.7 Å². The van der Waals surface area contributed by atoms with Crippen molar-refractivity contribution in [2.45, 2.75) is 26.3 Å². The van der Waals surface area contributed by atoms with Gasteiger partial charge in [0.1, 0.15) is 0 Å². The molecule has 0 aromatic heterocycles. The van der Waals surface area contributed by atoms with Gasteiger partial charge in [-0.15, -0.1) is 0 Å². The summed E-state index contributed by atoms with van der Waals surface area (Å²) in [6, 6.07) is -0.00706. The van der Waals surface area contributed by atoms with Gasteiger partial charge in [0, 0.05) is 12.6 Å². The molecule has 5 heteroatoms. The first-order chi connectivity index (χ1) is 6.11. The Morgan fingerprint density at radius 3 is 2.46 bits per heavy atom. The first kappa shape index (κ1) is 11.9. The van der Waals surface area contributed by atoms with Gasteiger partial charge in [0.05, 0.1) is 6.61 Å². The van der Waals surface area contributed by atoms with E-state index in [1.165, 1.54) is 0 Å². The number of nitrogens with one attached hydrogen (secondary N) is 2. The van der Waals surface area contributed by atoms with Gasteiger partial charge in [-0.05, 0) is 13.3 Å².